The van der Waals surface area contributed by atoms with Gasteiger partial charge in [-0.05, 0) is 25.0 Å². The molecule has 20 heavy (non-hydrogen) atoms. The van der Waals surface area contributed by atoms with Crippen molar-refractivity contribution in [3.8, 4) is 0 Å². The standard InChI is InChI=1S/C14H14BrFN2O2/c15-10-4-3-9(11(16)7-10)8-18-12(19)14(17-13(18)20)5-1-2-6-14/h3-4,7H,1-2,5-6,8H2,(H,17,20). The first kappa shape index (κ1) is 13.5. The van der Waals surface area contributed by atoms with Crippen LogP contribution in [0.25, 0.3) is 0 Å². The Morgan fingerprint density at radius 1 is 1.30 bits per heavy atom. The average Bonchev–Trinajstić information content (AvgIpc) is 2.94. The summed E-state index contributed by atoms with van der Waals surface area (Å²) in [6.45, 7) is -0.0223. The Kier molecular flexibility index (Phi) is 3.28. The number of halogens is 2. The molecule has 1 saturated carbocycles. The van der Waals surface area contributed by atoms with E-state index in [1.807, 2.05) is 0 Å². The molecule has 1 aromatic rings. The van der Waals surface area contributed by atoms with E-state index in [9.17, 15) is 14.0 Å². The maximum atomic E-state index is 13.8. The molecule has 1 aromatic carbocycles. The summed E-state index contributed by atoms with van der Waals surface area (Å²) in [7, 11) is 0. The molecule has 0 unspecified atom stereocenters. The lowest BCUT2D eigenvalue weighted by molar-refractivity contribution is -0.131. The van der Waals surface area contributed by atoms with E-state index in [1.165, 1.54) is 6.07 Å². The van der Waals surface area contributed by atoms with E-state index >= 15 is 0 Å². The van der Waals surface area contributed by atoms with E-state index in [-0.39, 0.29) is 12.5 Å². The van der Waals surface area contributed by atoms with Gasteiger partial charge >= 0.3 is 6.03 Å². The van der Waals surface area contributed by atoms with Gasteiger partial charge in [0.05, 0.1) is 6.54 Å². The topological polar surface area (TPSA) is 49.4 Å². The number of benzene rings is 1. The zero-order chi connectivity index (χ0) is 14.3. The Labute approximate surface area is 124 Å². The Hall–Kier alpha value is -1.43. The highest BCUT2D eigenvalue weighted by Gasteiger charge is 2.52. The fourth-order valence-corrected chi connectivity index (χ4v) is 3.29. The fourth-order valence-electron chi connectivity index (χ4n) is 2.96. The number of amides is 3. The van der Waals surface area contributed by atoms with Crippen molar-refractivity contribution < 1.29 is 14.0 Å². The number of nitrogens with one attached hydrogen (secondary N) is 1. The molecule has 106 valence electrons. The molecule has 1 heterocycles. The molecule has 0 aromatic heterocycles. The number of nitrogens with zero attached hydrogens (tertiary/aromatic N) is 1. The summed E-state index contributed by atoms with van der Waals surface area (Å²) in [6.07, 6.45) is 3.23. The van der Waals surface area contributed by atoms with Crippen LogP contribution in [0.2, 0.25) is 0 Å². The molecule has 1 aliphatic heterocycles. The molecule has 0 atom stereocenters. The van der Waals surface area contributed by atoms with Crippen molar-refractivity contribution in [2.24, 2.45) is 0 Å². The first-order valence-electron chi connectivity index (χ1n) is 6.60. The molecule has 0 bridgehead atoms. The Bertz CT molecular complexity index is 585. The van der Waals surface area contributed by atoms with Gasteiger partial charge in [0.25, 0.3) is 5.91 Å². The van der Waals surface area contributed by atoms with Crippen LogP contribution < -0.4 is 5.32 Å². The van der Waals surface area contributed by atoms with Crippen LogP contribution in [0.5, 0.6) is 0 Å². The Morgan fingerprint density at radius 2 is 2.00 bits per heavy atom. The minimum Gasteiger partial charge on any atom is -0.323 e. The van der Waals surface area contributed by atoms with Crippen molar-refractivity contribution in [1.82, 2.24) is 10.2 Å². The fraction of sp³-hybridized carbons (Fsp3) is 0.429. The highest BCUT2D eigenvalue weighted by atomic mass is 79.9. The molecular formula is C14H14BrFN2O2. The maximum absolute atomic E-state index is 13.8. The van der Waals surface area contributed by atoms with E-state index in [0.717, 1.165) is 17.7 Å². The third-order valence-electron chi connectivity index (χ3n) is 4.05. The highest BCUT2D eigenvalue weighted by molar-refractivity contribution is 9.10. The van der Waals surface area contributed by atoms with Crippen LogP contribution in [0, 0.1) is 5.82 Å². The minimum atomic E-state index is -0.733. The summed E-state index contributed by atoms with van der Waals surface area (Å²) < 4.78 is 14.5. The molecule has 1 spiro atoms. The lowest BCUT2D eigenvalue weighted by Crippen LogP contribution is -2.44. The second kappa shape index (κ2) is 4.84. The third-order valence-corrected chi connectivity index (χ3v) is 4.54. The molecule has 6 heteroatoms. The Balaban J connectivity index is 1.84. The van der Waals surface area contributed by atoms with Crippen molar-refractivity contribution in [1.29, 1.82) is 0 Å². The lowest BCUT2D eigenvalue weighted by atomic mass is 9.98. The summed E-state index contributed by atoms with van der Waals surface area (Å²) in [5.41, 5.74) is -0.394. The predicted molar refractivity (Wildman–Crippen MR) is 74.4 cm³/mol. The number of carbonyl (C=O) groups is 2. The van der Waals surface area contributed by atoms with Crippen LogP contribution in [0.4, 0.5) is 9.18 Å². The average molecular weight is 341 g/mol. The van der Waals surface area contributed by atoms with Gasteiger partial charge < -0.3 is 5.32 Å². The molecule has 2 fully saturated rings. The summed E-state index contributed by atoms with van der Waals surface area (Å²) in [4.78, 5) is 25.5. The van der Waals surface area contributed by atoms with Gasteiger partial charge in [0.15, 0.2) is 0 Å². The first-order valence-corrected chi connectivity index (χ1v) is 7.39. The van der Waals surface area contributed by atoms with Crippen LogP contribution in [0.15, 0.2) is 22.7 Å². The predicted octanol–water partition coefficient (Wildman–Crippen LogP) is 2.95. The van der Waals surface area contributed by atoms with Gasteiger partial charge in [-0.25, -0.2) is 9.18 Å². The SMILES string of the molecule is O=C1NC2(CCCC2)C(=O)N1Cc1ccc(Br)cc1F. The van der Waals surface area contributed by atoms with Gasteiger partial charge in [-0.3, -0.25) is 9.69 Å². The van der Waals surface area contributed by atoms with Crippen molar-refractivity contribution >= 4 is 27.9 Å². The van der Waals surface area contributed by atoms with Crippen LogP contribution >= 0.6 is 15.9 Å². The van der Waals surface area contributed by atoms with Crippen LogP contribution in [0.3, 0.4) is 0 Å². The van der Waals surface area contributed by atoms with Crippen molar-refractivity contribution in [3.05, 3.63) is 34.1 Å². The molecule has 1 aliphatic carbocycles. The van der Waals surface area contributed by atoms with E-state index in [4.69, 9.17) is 0 Å². The summed E-state index contributed by atoms with van der Waals surface area (Å²) in [6, 6.07) is 4.19. The molecule has 3 rings (SSSR count). The normalized spacial score (nSPS) is 20.8. The minimum absolute atomic E-state index is 0.0223. The van der Waals surface area contributed by atoms with Crippen molar-refractivity contribution in [2.75, 3.05) is 0 Å². The molecule has 1 N–H and O–H groups in total. The zero-order valence-corrected chi connectivity index (χ0v) is 12.4. The molecular weight excluding hydrogens is 327 g/mol. The van der Waals surface area contributed by atoms with Gasteiger partial charge in [-0.15, -0.1) is 0 Å². The van der Waals surface area contributed by atoms with Crippen molar-refractivity contribution in [3.63, 3.8) is 0 Å². The van der Waals surface area contributed by atoms with Gasteiger partial charge in [-0.2, -0.15) is 0 Å². The van der Waals surface area contributed by atoms with Gasteiger partial charge in [0.2, 0.25) is 0 Å². The van der Waals surface area contributed by atoms with Gasteiger partial charge in [0.1, 0.15) is 11.4 Å². The molecule has 3 amide bonds. The molecule has 0 radical (unpaired) electrons. The van der Waals surface area contributed by atoms with Crippen molar-refractivity contribution in [2.45, 2.75) is 37.8 Å². The van der Waals surface area contributed by atoms with E-state index < -0.39 is 17.4 Å². The third kappa shape index (κ3) is 2.12. The van der Waals surface area contributed by atoms with Gasteiger partial charge in [0, 0.05) is 10.0 Å². The second-order valence-electron chi connectivity index (χ2n) is 5.35. The quantitative estimate of drug-likeness (QED) is 0.841. The molecule has 1 saturated heterocycles. The molecule has 2 aliphatic rings. The number of hydrogen-bond acceptors (Lipinski definition) is 2. The van der Waals surface area contributed by atoms with Crippen LogP contribution in [-0.4, -0.2) is 22.4 Å². The van der Waals surface area contributed by atoms with Crippen LogP contribution in [0.1, 0.15) is 31.2 Å². The summed E-state index contributed by atoms with van der Waals surface area (Å²) in [5, 5.41) is 2.79. The monoisotopic (exact) mass is 340 g/mol. The number of hydrogen-bond donors (Lipinski definition) is 1. The number of carbonyl (C=O) groups excluding carboxylic acids is 2. The zero-order valence-electron chi connectivity index (χ0n) is 10.8. The maximum Gasteiger partial charge on any atom is 0.325 e. The highest BCUT2D eigenvalue weighted by Crippen LogP contribution is 2.35. The smallest absolute Gasteiger partial charge is 0.323 e. The first-order chi connectivity index (χ1) is 9.52. The van der Waals surface area contributed by atoms with E-state index in [2.05, 4.69) is 21.2 Å². The van der Waals surface area contributed by atoms with E-state index in [0.29, 0.717) is 22.9 Å². The lowest BCUT2D eigenvalue weighted by Gasteiger charge is -2.20. The number of rotatable bonds is 2. The van der Waals surface area contributed by atoms with E-state index in [1.54, 1.807) is 12.1 Å². The van der Waals surface area contributed by atoms with Crippen LogP contribution in [-0.2, 0) is 11.3 Å². The summed E-state index contributed by atoms with van der Waals surface area (Å²) >= 11 is 3.18. The van der Waals surface area contributed by atoms with Gasteiger partial charge in [-0.1, -0.05) is 34.8 Å². The second-order valence-corrected chi connectivity index (χ2v) is 6.26. The largest absolute Gasteiger partial charge is 0.325 e. The number of urea groups is 1. The Morgan fingerprint density at radius 3 is 2.65 bits per heavy atom. The molecule has 4 nitrogen and oxygen atoms in total. The summed E-state index contributed by atoms with van der Waals surface area (Å²) in [5.74, 6) is -0.644. The number of imide groups is 1.